The number of aromatic hydroxyl groups is 1. The molecule has 0 aliphatic carbocycles. The lowest BCUT2D eigenvalue weighted by Gasteiger charge is -2.05. The average Bonchev–Trinajstić information content (AvgIpc) is 2.33. The van der Waals surface area contributed by atoms with Gasteiger partial charge in [0, 0.05) is 11.8 Å². The molecule has 2 rings (SSSR count). The van der Waals surface area contributed by atoms with Gasteiger partial charge in [-0.3, -0.25) is 4.99 Å². The molecule has 0 amide bonds. The number of rotatable bonds is 2. The van der Waals surface area contributed by atoms with Crippen molar-refractivity contribution < 1.29 is 5.11 Å². The molecule has 0 saturated heterocycles. The number of phenolic OH excluding ortho intramolecular Hbond substituents is 1. The molecule has 0 aromatic heterocycles. The number of phenols is 1. The Labute approximate surface area is 122 Å². The molecule has 0 heterocycles. The van der Waals surface area contributed by atoms with E-state index in [9.17, 15) is 5.11 Å². The van der Waals surface area contributed by atoms with Crippen LogP contribution in [0.5, 0.6) is 5.75 Å². The third-order valence-corrected chi connectivity index (χ3v) is 3.54. The van der Waals surface area contributed by atoms with Crippen LogP contribution in [0.1, 0.15) is 22.3 Å². The van der Waals surface area contributed by atoms with Crippen LogP contribution in [0.25, 0.3) is 0 Å². The van der Waals surface area contributed by atoms with Crippen LogP contribution in [-0.4, -0.2) is 11.3 Å². The van der Waals surface area contributed by atoms with Gasteiger partial charge in [-0.05, 0) is 66.0 Å². The van der Waals surface area contributed by atoms with Crippen LogP contribution in [0.2, 0.25) is 0 Å². The number of hydrogen-bond acceptors (Lipinski definition) is 2. The Morgan fingerprint density at radius 3 is 2.47 bits per heavy atom. The number of nitrogens with zero attached hydrogens (tertiary/aromatic N) is 1. The Morgan fingerprint density at radius 2 is 1.79 bits per heavy atom. The van der Waals surface area contributed by atoms with Gasteiger partial charge in [0.2, 0.25) is 0 Å². The van der Waals surface area contributed by atoms with Gasteiger partial charge in [0.1, 0.15) is 5.75 Å². The molecule has 0 saturated carbocycles. The lowest BCUT2D eigenvalue weighted by Crippen LogP contribution is -1.86. The van der Waals surface area contributed by atoms with Gasteiger partial charge in [-0.15, -0.1) is 0 Å². The summed E-state index contributed by atoms with van der Waals surface area (Å²) in [5.74, 6) is 0.221. The number of aliphatic imine (C=N–C) groups is 1. The first-order chi connectivity index (χ1) is 8.97. The van der Waals surface area contributed by atoms with Crippen LogP contribution < -0.4 is 0 Å². The quantitative estimate of drug-likeness (QED) is 0.790. The number of aryl methyl sites for hydroxylation is 3. The second-order valence-corrected chi connectivity index (χ2v) is 5.59. The molecule has 0 spiro atoms. The molecule has 2 nitrogen and oxygen atoms in total. The molecule has 0 atom stereocenters. The Balaban J connectivity index is 2.38. The van der Waals surface area contributed by atoms with Crippen molar-refractivity contribution in [3.8, 4) is 5.75 Å². The second kappa shape index (κ2) is 5.57. The van der Waals surface area contributed by atoms with Crippen molar-refractivity contribution >= 4 is 27.8 Å². The molecule has 0 aliphatic rings. The Hall–Kier alpha value is -1.61. The number of halogens is 1. The van der Waals surface area contributed by atoms with Crippen LogP contribution in [-0.2, 0) is 0 Å². The first-order valence-electron chi connectivity index (χ1n) is 6.08. The maximum Gasteiger partial charge on any atom is 0.138 e. The molecule has 2 aromatic rings. The molecule has 3 heteroatoms. The third-order valence-electron chi connectivity index (χ3n) is 2.93. The lowest BCUT2D eigenvalue weighted by atomic mass is 10.1. The van der Waals surface area contributed by atoms with Crippen molar-refractivity contribution in [2.75, 3.05) is 0 Å². The van der Waals surface area contributed by atoms with Gasteiger partial charge in [-0.1, -0.05) is 17.7 Å². The van der Waals surface area contributed by atoms with Crippen molar-refractivity contribution in [1.82, 2.24) is 0 Å². The van der Waals surface area contributed by atoms with Crippen LogP contribution in [0, 0.1) is 20.8 Å². The van der Waals surface area contributed by atoms with E-state index in [0.717, 1.165) is 16.8 Å². The fraction of sp³-hybridized carbons (Fsp3) is 0.188. The van der Waals surface area contributed by atoms with Gasteiger partial charge < -0.3 is 5.11 Å². The van der Waals surface area contributed by atoms with Crippen LogP contribution >= 0.6 is 15.9 Å². The molecule has 0 aliphatic heterocycles. The summed E-state index contributed by atoms with van der Waals surface area (Å²) in [7, 11) is 0. The van der Waals surface area contributed by atoms with Crippen molar-refractivity contribution in [3.05, 3.63) is 57.1 Å². The van der Waals surface area contributed by atoms with Crippen molar-refractivity contribution in [3.63, 3.8) is 0 Å². The topological polar surface area (TPSA) is 32.6 Å². The highest BCUT2D eigenvalue weighted by molar-refractivity contribution is 9.10. The van der Waals surface area contributed by atoms with Gasteiger partial charge in [0.05, 0.1) is 10.2 Å². The fourth-order valence-electron chi connectivity index (χ4n) is 1.95. The molecule has 1 N–H and O–H groups in total. The normalized spacial score (nSPS) is 11.2. The summed E-state index contributed by atoms with van der Waals surface area (Å²) >= 11 is 3.34. The average molecular weight is 318 g/mol. The predicted octanol–water partition coefficient (Wildman–Crippen LogP) is 4.83. The standard InChI is InChI=1S/C16H16BrNO/c1-10-4-5-15(12(3)6-10)18-9-13-7-11(2)8-14(17)16(13)19/h4-9,19H,1-3H3. The van der Waals surface area contributed by atoms with Crippen LogP contribution in [0.3, 0.4) is 0 Å². The molecule has 2 aromatic carbocycles. The van der Waals surface area contributed by atoms with Crippen molar-refractivity contribution in [1.29, 1.82) is 0 Å². The van der Waals surface area contributed by atoms with Gasteiger partial charge in [0.15, 0.2) is 0 Å². The zero-order valence-corrected chi connectivity index (χ0v) is 12.8. The largest absolute Gasteiger partial charge is 0.506 e. The van der Waals surface area contributed by atoms with E-state index in [1.165, 1.54) is 5.56 Å². The summed E-state index contributed by atoms with van der Waals surface area (Å²) in [5.41, 5.74) is 5.06. The summed E-state index contributed by atoms with van der Waals surface area (Å²) in [6.45, 7) is 6.08. The third kappa shape index (κ3) is 3.24. The minimum Gasteiger partial charge on any atom is -0.506 e. The van der Waals surface area contributed by atoms with E-state index in [0.29, 0.717) is 10.0 Å². The van der Waals surface area contributed by atoms with E-state index in [4.69, 9.17) is 0 Å². The molecule has 0 unspecified atom stereocenters. The first-order valence-corrected chi connectivity index (χ1v) is 6.87. The zero-order chi connectivity index (χ0) is 14.0. The second-order valence-electron chi connectivity index (χ2n) is 4.73. The van der Waals surface area contributed by atoms with E-state index < -0.39 is 0 Å². The minimum atomic E-state index is 0.221. The Bertz CT molecular complexity index is 647. The summed E-state index contributed by atoms with van der Waals surface area (Å²) in [6.07, 6.45) is 1.70. The zero-order valence-electron chi connectivity index (χ0n) is 11.2. The van der Waals surface area contributed by atoms with E-state index in [2.05, 4.69) is 33.9 Å². The van der Waals surface area contributed by atoms with E-state index >= 15 is 0 Å². The summed E-state index contributed by atoms with van der Waals surface area (Å²) in [4.78, 5) is 4.45. The van der Waals surface area contributed by atoms with Gasteiger partial charge in [-0.25, -0.2) is 0 Å². The molecule has 0 radical (unpaired) electrons. The van der Waals surface area contributed by atoms with Gasteiger partial charge in [0.25, 0.3) is 0 Å². The predicted molar refractivity (Wildman–Crippen MR) is 83.7 cm³/mol. The highest BCUT2D eigenvalue weighted by atomic mass is 79.9. The molecule has 98 valence electrons. The van der Waals surface area contributed by atoms with Crippen LogP contribution in [0.15, 0.2) is 39.8 Å². The fourth-order valence-corrected chi connectivity index (χ4v) is 2.54. The Morgan fingerprint density at radius 1 is 1.05 bits per heavy atom. The lowest BCUT2D eigenvalue weighted by molar-refractivity contribution is 0.471. The first kappa shape index (κ1) is 13.8. The minimum absolute atomic E-state index is 0.221. The highest BCUT2D eigenvalue weighted by Crippen LogP contribution is 2.29. The highest BCUT2D eigenvalue weighted by Gasteiger charge is 2.04. The smallest absolute Gasteiger partial charge is 0.138 e. The number of benzene rings is 2. The Kier molecular flexibility index (Phi) is 4.05. The van der Waals surface area contributed by atoms with Gasteiger partial charge in [-0.2, -0.15) is 0 Å². The maximum absolute atomic E-state index is 9.98. The SMILES string of the molecule is Cc1ccc(N=Cc2cc(C)cc(Br)c2O)c(C)c1. The summed E-state index contributed by atoms with van der Waals surface area (Å²) < 4.78 is 0.689. The molecule has 0 fully saturated rings. The molecule has 0 bridgehead atoms. The van der Waals surface area contributed by atoms with E-state index in [1.807, 2.05) is 38.1 Å². The molecular formula is C16H16BrNO. The van der Waals surface area contributed by atoms with Gasteiger partial charge >= 0.3 is 0 Å². The maximum atomic E-state index is 9.98. The van der Waals surface area contributed by atoms with E-state index in [1.54, 1.807) is 6.21 Å². The monoisotopic (exact) mass is 317 g/mol. The van der Waals surface area contributed by atoms with Crippen LogP contribution in [0.4, 0.5) is 5.69 Å². The van der Waals surface area contributed by atoms with Crippen molar-refractivity contribution in [2.24, 2.45) is 4.99 Å². The molecular weight excluding hydrogens is 302 g/mol. The summed E-state index contributed by atoms with van der Waals surface area (Å²) in [6, 6.07) is 9.91. The summed E-state index contributed by atoms with van der Waals surface area (Å²) in [5, 5.41) is 9.98. The number of hydrogen-bond donors (Lipinski definition) is 1. The molecule has 19 heavy (non-hydrogen) atoms. The van der Waals surface area contributed by atoms with E-state index in [-0.39, 0.29) is 5.75 Å². The van der Waals surface area contributed by atoms with Crippen molar-refractivity contribution in [2.45, 2.75) is 20.8 Å².